The van der Waals surface area contributed by atoms with Crippen LogP contribution in [-0.4, -0.2) is 21.3 Å². The molecule has 0 saturated heterocycles. The van der Waals surface area contributed by atoms with Gasteiger partial charge in [-0.15, -0.1) is 0 Å². The van der Waals surface area contributed by atoms with E-state index in [0.29, 0.717) is 17.1 Å². The van der Waals surface area contributed by atoms with E-state index in [1.807, 2.05) is 37.3 Å². The largest absolute Gasteiger partial charge is 0.356 e. The van der Waals surface area contributed by atoms with Crippen LogP contribution in [0.4, 0.5) is 5.82 Å². The van der Waals surface area contributed by atoms with E-state index in [4.69, 9.17) is 4.52 Å². The van der Waals surface area contributed by atoms with E-state index in [-0.39, 0.29) is 12.3 Å². The Hall–Kier alpha value is -2.63. The van der Waals surface area contributed by atoms with Gasteiger partial charge in [-0.1, -0.05) is 24.2 Å². The highest BCUT2D eigenvalue weighted by Crippen LogP contribution is 2.18. The van der Waals surface area contributed by atoms with Gasteiger partial charge in [0.1, 0.15) is 5.69 Å². The molecule has 0 aliphatic rings. The number of hydrogen-bond acceptors (Lipinski definition) is 4. The average Bonchev–Trinajstić information content (AvgIpc) is 3.06. The number of anilines is 1. The smallest absolute Gasteiger partial charge is 0.231 e. The van der Waals surface area contributed by atoms with Crippen molar-refractivity contribution in [3.63, 3.8) is 0 Å². The average molecular weight is 270 g/mol. The Morgan fingerprint density at radius 3 is 3.05 bits per heavy atom. The van der Waals surface area contributed by atoms with Gasteiger partial charge in [0.25, 0.3) is 0 Å². The minimum absolute atomic E-state index is 0.158. The maximum absolute atomic E-state index is 12.0. The predicted octanol–water partition coefficient (Wildman–Crippen LogP) is 2.29. The Morgan fingerprint density at radius 2 is 2.25 bits per heavy atom. The van der Waals surface area contributed by atoms with Gasteiger partial charge in [0.2, 0.25) is 5.91 Å². The molecule has 3 aromatic rings. The molecule has 0 spiro atoms. The van der Waals surface area contributed by atoms with E-state index < -0.39 is 0 Å². The van der Waals surface area contributed by atoms with Gasteiger partial charge >= 0.3 is 0 Å². The lowest BCUT2D eigenvalue weighted by Gasteiger charge is -1.99. The Bertz CT molecular complexity index is 744. The molecule has 2 heterocycles. The lowest BCUT2D eigenvalue weighted by atomic mass is 10.1. The number of nitrogens with zero attached hydrogens (tertiary/aromatic N) is 2. The molecular formula is C14H14N4O2. The van der Waals surface area contributed by atoms with Crippen LogP contribution in [-0.2, 0) is 17.6 Å². The van der Waals surface area contributed by atoms with E-state index in [2.05, 4.69) is 20.7 Å². The Labute approximate surface area is 115 Å². The highest BCUT2D eigenvalue weighted by Gasteiger charge is 2.13. The molecule has 6 nitrogen and oxygen atoms in total. The first-order valence-electron chi connectivity index (χ1n) is 6.43. The summed E-state index contributed by atoms with van der Waals surface area (Å²) in [5.41, 5.74) is 2.29. The van der Waals surface area contributed by atoms with E-state index in [1.54, 1.807) is 0 Å². The van der Waals surface area contributed by atoms with Crippen molar-refractivity contribution in [2.45, 2.75) is 19.8 Å². The molecular weight excluding hydrogens is 256 g/mol. The second-order valence-electron chi connectivity index (χ2n) is 4.48. The van der Waals surface area contributed by atoms with Crippen molar-refractivity contribution in [1.29, 1.82) is 0 Å². The number of carbonyl (C=O) groups is 1. The van der Waals surface area contributed by atoms with E-state index in [0.717, 1.165) is 17.5 Å². The maximum atomic E-state index is 12.0. The first kappa shape index (κ1) is 12.4. The fraction of sp³-hybridized carbons (Fsp3) is 0.214. The van der Waals surface area contributed by atoms with Gasteiger partial charge < -0.3 is 9.84 Å². The zero-order valence-electron chi connectivity index (χ0n) is 11.0. The van der Waals surface area contributed by atoms with Crippen LogP contribution in [0.3, 0.4) is 0 Å². The van der Waals surface area contributed by atoms with Crippen molar-refractivity contribution < 1.29 is 9.32 Å². The van der Waals surface area contributed by atoms with Crippen molar-refractivity contribution in [2.75, 3.05) is 5.32 Å². The first-order valence-corrected chi connectivity index (χ1v) is 6.43. The molecule has 2 aromatic heterocycles. The molecule has 0 radical (unpaired) electrons. The minimum Gasteiger partial charge on any atom is -0.356 e. The molecule has 0 aliphatic heterocycles. The van der Waals surface area contributed by atoms with Gasteiger partial charge in [0, 0.05) is 17.1 Å². The molecule has 2 N–H and O–H groups in total. The number of fused-ring (bicyclic) bond motifs is 1. The van der Waals surface area contributed by atoms with Crippen molar-refractivity contribution >= 4 is 22.7 Å². The summed E-state index contributed by atoms with van der Waals surface area (Å²) in [5, 5.41) is 14.4. The molecule has 0 fully saturated rings. The van der Waals surface area contributed by atoms with E-state index >= 15 is 0 Å². The number of aromatic amines is 1. The quantitative estimate of drug-likeness (QED) is 0.761. The van der Waals surface area contributed by atoms with Crippen LogP contribution in [0.15, 0.2) is 34.9 Å². The standard InChI is InChI=1S/C14H14N4O2/c1-2-9-7-13(17-16-9)15-14(19)8-11-10-5-3-4-6-12(10)20-18-11/h3-7H,2,8H2,1H3,(H2,15,16,17,19). The molecule has 1 aromatic carbocycles. The Morgan fingerprint density at radius 1 is 1.40 bits per heavy atom. The predicted molar refractivity (Wildman–Crippen MR) is 74.3 cm³/mol. The number of aromatic nitrogens is 3. The number of nitrogens with one attached hydrogen (secondary N) is 2. The monoisotopic (exact) mass is 270 g/mol. The molecule has 102 valence electrons. The van der Waals surface area contributed by atoms with E-state index in [1.165, 1.54) is 0 Å². The molecule has 3 rings (SSSR count). The number of carbonyl (C=O) groups excluding carboxylic acids is 1. The second-order valence-corrected chi connectivity index (χ2v) is 4.48. The number of hydrogen-bond donors (Lipinski definition) is 2. The fourth-order valence-corrected chi connectivity index (χ4v) is 2.01. The molecule has 0 aliphatic carbocycles. The summed E-state index contributed by atoms with van der Waals surface area (Å²) in [5.74, 6) is 0.359. The normalized spacial score (nSPS) is 10.8. The highest BCUT2D eigenvalue weighted by atomic mass is 16.5. The number of para-hydroxylation sites is 1. The number of benzene rings is 1. The lowest BCUT2D eigenvalue weighted by Crippen LogP contribution is -2.15. The van der Waals surface area contributed by atoms with Crippen LogP contribution < -0.4 is 5.32 Å². The van der Waals surface area contributed by atoms with Crippen LogP contribution in [0.1, 0.15) is 18.3 Å². The summed E-state index contributed by atoms with van der Waals surface area (Å²) >= 11 is 0. The van der Waals surface area contributed by atoms with Gasteiger partial charge in [0.15, 0.2) is 11.4 Å². The summed E-state index contributed by atoms with van der Waals surface area (Å²) < 4.78 is 5.17. The Kier molecular flexibility index (Phi) is 3.20. The Balaban J connectivity index is 1.72. The molecule has 0 bridgehead atoms. The molecule has 1 amide bonds. The molecule has 0 unspecified atom stereocenters. The SMILES string of the molecule is CCc1cc(NC(=O)Cc2noc3ccccc23)n[nH]1. The third-order valence-corrected chi connectivity index (χ3v) is 3.06. The van der Waals surface area contributed by atoms with Gasteiger partial charge in [-0.05, 0) is 18.6 Å². The zero-order chi connectivity index (χ0) is 13.9. The first-order chi connectivity index (χ1) is 9.76. The van der Waals surface area contributed by atoms with Crippen LogP contribution in [0.2, 0.25) is 0 Å². The zero-order valence-corrected chi connectivity index (χ0v) is 11.0. The number of amides is 1. The van der Waals surface area contributed by atoms with Crippen LogP contribution in [0.5, 0.6) is 0 Å². The van der Waals surface area contributed by atoms with Crippen molar-refractivity contribution in [3.8, 4) is 0 Å². The number of aryl methyl sites for hydroxylation is 1. The molecule has 0 atom stereocenters. The molecule has 0 saturated carbocycles. The van der Waals surface area contributed by atoms with Crippen LogP contribution in [0, 0.1) is 0 Å². The van der Waals surface area contributed by atoms with Crippen molar-refractivity contribution in [2.24, 2.45) is 0 Å². The van der Waals surface area contributed by atoms with Gasteiger partial charge in [-0.2, -0.15) is 5.10 Å². The third-order valence-electron chi connectivity index (χ3n) is 3.06. The van der Waals surface area contributed by atoms with Crippen molar-refractivity contribution in [1.82, 2.24) is 15.4 Å². The van der Waals surface area contributed by atoms with Crippen molar-refractivity contribution in [3.05, 3.63) is 41.7 Å². The lowest BCUT2D eigenvalue weighted by molar-refractivity contribution is -0.115. The minimum atomic E-state index is -0.168. The molecule has 6 heteroatoms. The molecule has 20 heavy (non-hydrogen) atoms. The van der Waals surface area contributed by atoms with Crippen LogP contribution in [0.25, 0.3) is 11.0 Å². The summed E-state index contributed by atoms with van der Waals surface area (Å²) in [4.78, 5) is 12.0. The summed E-state index contributed by atoms with van der Waals surface area (Å²) in [6.45, 7) is 2.01. The number of H-pyrrole nitrogens is 1. The fourth-order valence-electron chi connectivity index (χ4n) is 2.01. The summed E-state index contributed by atoms with van der Waals surface area (Å²) in [7, 11) is 0. The van der Waals surface area contributed by atoms with E-state index in [9.17, 15) is 4.79 Å². The van der Waals surface area contributed by atoms with Gasteiger partial charge in [0.05, 0.1) is 6.42 Å². The number of rotatable bonds is 4. The highest BCUT2D eigenvalue weighted by molar-refractivity contribution is 5.93. The topological polar surface area (TPSA) is 83.8 Å². The second kappa shape index (κ2) is 5.16. The maximum Gasteiger partial charge on any atom is 0.231 e. The van der Waals surface area contributed by atoms with Gasteiger partial charge in [-0.25, -0.2) is 0 Å². The summed E-state index contributed by atoms with van der Waals surface area (Å²) in [6, 6.07) is 9.29. The van der Waals surface area contributed by atoms with Gasteiger partial charge in [-0.3, -0.25) is 9.89 Å². The van der Waals surface area contributed by atoms with Crippen LogP contribution >= 0.6 is 0 Å². The summed E-state index contributed by atoms with van der Waals surface area (Å²) in [6.07, 6.45) is 1.00. The third kappa shape index (κ3) is 2.40.